The SMILES string of the molecule is CCOC(=O)[C@H]1CCc2c(sc3ncnc(Cl)c23)C1.CCOC(=O)[C@H]1CCc2c(sc3ncnc(Nc4cc5c(cc4OC(C)C)CN=C5)c23)C1. The van der Waals surface area contributed by atoms with Crippen LogP contribution in [0.15, 0.2) is 29.8 Å². The molecule has 51 heavy (non-hydrogen) atoms. The number of carbonyl (C=O) groups excluding carboxylic acids is 2. The summed E-state index contributed by atoms with van der Waals surface area (Å²) in [5.41, 5.74) is 5.58. The molecule has 5 aromatic rings. The van der Waals surface area contributed by atoms with Crippen molar-refractivity contribution < 1.29 is 23.8 Å². The topological polar surface area (TPSA) is 138 Å². The second kappa shape index (κ2) is 15.2. The summed E-state index contributed by atoms with van der Waals surface area (Å²) in [5, 5.41) is 6.04. The molecular weight excluding hydrogens is 708 g/mol. The molecule has 4 aromatic heterocycles. The van der Waals surface area contributed by atoms with E-state index in [1.54, 1.807) is 29.0 Å². The predicted molar refractivity (Wildman–Crippen MR) is 201 cm³/mol. The second-order valence-electron chi connectivity index (χ2n) is 12.9. The van der Waals surface area contributed by atoms with Gasteiger partial charge in [0.1, 0.15) is 39.0 Å². The summed E-state index contributed by atoms with van der Waals surface area (Å²) in [6.07, 6.45) is 9.69. The molecule has 0 amide bonds. The van der Waals surface area contributed by atoms with Crippen molar-refractivity contribution in [1.82, 2.24) is 19.9 Å². The van der Waals surface area contributed by atoms with Crippen molar-refractivity contribution in [2.75, 3.05) is 18.5 Å². The number of ether oxygens (including phenoxy) is 3. The Morgan fingerprint density at radius 1 is 0.882 bits per heavy atom. The lowest BCUT2D eigenvalue weighted by Gasteiger charge is -2.21. The molecule has 1 aliphatic heterocycles. The average molecular weight is 747 g/mol. The molecule has 0 radical (unpaired) electrons. The molecule has 0 unspecified atom stereocenters. The van der Waals surface area contributed by atoms with Gasteiger partial charge in [-0.05, 0) is 101 Å². The first-order valence-electron chi connectivity index (χ1n) is 17.3. The summed E-state index contributed by atoms with van der Waals surface area (Å²) in [5.74, 6) is 1.25. The van der Waals surface area contributed by atoms with Crippen molar-refractivity contribution in [2.24, 2.45) is 16.8 Å². The highest BCUT2D eigenvalue weighted by Crippen LogP contribution is 2.43. The van der Waals surface area contributed by atoms with Crippen LogP contribution in [-0.2, 0) is 51.3 Å². The molecule has 0 saturated carbocycles. The minimum absolute atomic E-state index is 0.0350. The van der Waals surface area contributed by atoms with Crippen molar-refractivity contribution >= 4 is 84.4 Å². The zero-order valence-corrected chi connectivity index (χ0v) is 31.3. The fourth-order valence-electron chi connectivity index (χ4n) is 6.91. The summed E-state index contributed by atoms with van der Waals surface area (Å²) < 4.78 is 16.5. The molecule has 5 heterocycles. The number of halogens is 1. The number of benzene rings is 1. The van der Waals surface area contributed by atoms with E-state index in [0.29, 0.717) is 31.3 Å². The van der Waals surface area contributed by atoms with Gasteiger partial charge in [-0.15, -0.1) is 22.7 Å². The van der Waals surface area contributed by atoms with Gasteiger partial charge in [-0.3, -0.25) is 14.6 Å². The number of hydrogen-bond acceptors (Lipinski definition) is 13. The predicted octanol–water partition coefficient (Wildman–Crippen LogP) is 7.84. The minimum atomic E-state index is -0.102. The number of aliphatic imine (C=N–C) groups is 1. The van der Waals surface area contributed by atoms with Crippen molar-refractivity contribution in [1.29, 1.82) is 0 Å². The maximum Gasteiger partial charge on any atom is 0.309 e. The second-order valence-corrected chi connectivity index (χ2v) is 15.5. The molecule has 8 rings (SSSR count). The van der Waals surface area contributed by atoms with Crippen LogP contribution in [0.1, 0.15) is 72.5 Å². The summed E-state index contributed by atoms with van der Waals surface area (Å²) in [7, 11) is 0. The van der Waals surface area contributed by atoms with Crippen molar-refractivity contribution in [2.45, 2.75) is 78.9 Å². The highest BCUT2D eigenvalue weighted by molar-refractivity contribution is 7.19. The highest BCUT2D eigenvalue weighted by atomic mass is 35.5. The normalized spacial score (nSPS) is 17.4. The van der Waals surface area contributed by atoms with Crippen LogP contribution in [-0.4, -0.2) is 57.4 Å². The lowest BCUT2D eigenvalue weighted by Crippen LogP contribution is -2.23. The molecule has 2 aliphatic carbocycles. The Morgan fingerprint density at radius 2 is 1.49 bits per heavy atom. The Hall–Kier alpha value is -4.20. The number of aromatic nitrogens is 4. The van der Waals surface area contributed by atoms with Crippen LogP contribution in [0.4, 0.5) is 11.5 Å². The van der Waals surface area contributed by atoms with Crippen LogP contribution in [0, 0.1) is 11.8 Å². The van der Waals surface area contributed by atoms with Crippen LogP contribution in [0.2, 0.25) is 5.15 Å². The molecule has 0 saturated heterocycles. The fourth-order valence-corrected chi connectivity index (χ4v) is 9.75. The van der Waals surface area contributed by atoms with Gasteiger partial charge < -0.3 is 19.5 Å². The first kappa shape index (κ1) is 35.2. The Labute approximate surface area is 308 Å². The lowest BCUT2D eigenvalue weighted by molar-refractivity contribution is -0.149. The summed E-state index contributed by atoms with van der Waals surface area (Å²) in [6, 6.07) is 4.14. The van der Waals surface area contributed by atoms with Crippen LogP contribution in [0.3, 0.4) is 0 Å². The van der Waals surface area contributed by atoms with Crippen molar-refractivity contribution in [3.05, 3.63) is 61.9 Å². The van der Waals surface area contributed by atoms with E-state index in [9.17, 15) is 9.59 Å². The number of nitrogens with zero attached hydrogens (tertiary/aromatic N) is 5. The van der Waals surface area contributed by atoms with E-state index in [2.05, 4.69) is 42.4 Å². The number of fused-ring (bicyclic) bond motifs is 7. The largest absolute Gasteiger partial charge is 0.489 e. The molecular formula is C37H39ClN6O5S2. The van der Waals surface area contributed by atoms with Crippen LogP contribution >= 0.6 is 34.3 Å². The van der Waals surface area contributed by atoms with Gasteiger partial charge in [0.15, 0.2) is 0 Å². The number of aryl methyl sites for hydroxylation is 2. The summed E-state index contributed by atoms with van der Waals surface area (Å²) >= 11 is 9.41. The van der Waals surface area contributed by atoms with E-state index in [1.807, 2.05) is 33.9 Å². The smallest absolute Gasteiger partial charge is 0.309 e. The number of esters is 2. The van der Waals surface area contributed by atoms with Crippen molar-refractivity contribution in [3.63, 3.8) is 0 Å². The molecule has 14 heteroatoms. The van der Waals surface area contributed by atoms with E-state index in [4.69, 9.17) is 25.8 Å². The zero-order chi connectivity index (χ0) is 35.6. The lowest BCUT2D eigenvalue weighted by atomic mass is 9.88. The molecule has 0 fully saturated rings. The molecule has 2 atom stereocenters. The summed E-state index contributed by atoms with van der Waals surface area (Å²) in [4.78, 5) is 50.1. The third kappa shape index (κ3) is 7.29. The Balaban J connectivity index is 0.000000182. The van der Waals surface area contributed by atoms with E-state index in [0.717, 1.165) is 80.9 Å². The number of carbonyl (C=O) groups is 2. The number of hydrogen-bond donors (Lipinski definition) is 1. The Morgan fingerprint density at radius 3 is 2.12 bits per heavy atom. The summed E-state index contributed by atoms with van der Waals surface area (Å²) in [6.45, 7) is 9.26. The molecule has 11 nitrogen and oxygen atoms in total. The van der Waals surface area contributed by atoms with Crippen LogP contribution in [0.5, 0.6) is 5.75 Å². The molecule has 1 aromatic carbocycles. The molecule has 3 aliphatic rings. The monoisotopic (exact) mass is 746 g/mol. The van der Waals surface area contributed by atoms with E-state index >= 15 is 0 Å². The van der Waals surface area contributed by atoms with Gasteiger partial charge in [0.25, 0.3) is 0 Å². The third-order valence-electron chi connectivity index (χ3n) is 9.23. The van der Waals surface area contributed by atoms with E-state index < -0.39 is 0 Å². The molecule has 266 valence electrons. The van der Waals surface area contributed by atoms with Gasteiger partial charge in [0.05, 0.1) is 54.2 Å². The van der Waals surface area contributed by atoms with Crippen LogP contribution < -0.4 is 10.1 Å². The molecule has 1 N–H and O–H groups in total. The van der Waals surface area contributed by atoms with Gasteiger partial charge >= 0.3 is 11.9 Å². The number of nitrogens with one attached hydrogen (secondary N) is 1. The van der Waals surface area contributed by atoms with Gasteiger partial charge in [-0.1, -0.05) is 11.6 Å². The fraction of sp³-hybridized carbons (Fsp3) is 0.432. The van der Waals surface area contributed by atoms with Gasteiger partial charge in [0.2, 0.25) is 0 Å². The molecule has 0 bridgehead atoms. The number of anilines is 2. The average Bonchev–Trinajstić information content (AvgIpc) is 3.83. The Bertz CT molecular complexity index is 2150. The van der Waals surface area contributed by atoms with Gasteiger partial charge in [0, 0.05) is 16.0 Å². The first-order chi connectivity index (χ1) is 24.7. The maximum absolute atomic E-state index is 12.3. The first-order valence-corrected chi connectivity index (χ1v) is 19.3. The quantitative estimate of drug-likeness (QED) is 0.124. The Kier molecular flexibility index (Phi) is 10.5. The van der Waals surface area contributed by atoms with Gasteiger partial charge in [-0.25, -0.2) is 19.9 Å². The number of rotatable bonds is 8. The van der Waals surface area contributed by atoms with Gasteiger partial charge in [-0.2, -0.15) is 0 Å². The van der Waals surface area contributed by atoms with Crippen molar-refractivity contribution in [3.8, 4) is 5.75 Å². The zero-order valence-electron chi connectivity index (χ0n) is 29.0. The standard InChI is InChI=1S/C24H26N4O3S.C13H13ClN2O2S/c1-4-30-24(29)14-5-6-17-20(9-14)32-23-21(17)22(26-12-27-23)28-18-7-15-10-25-11-16(15)8-19(18)31-13(2)3;1-2-18-13(17)7-3-4-8-9(5-7)19-12-10(8)11(14)15-6-16-12/h7-8,10,12-14H,4-6,9,11H2,1-3H3,(H,26,27,28);6-7H,2-5H2,1H3/t14-;7-/m00/s1. The van der Waals surface area contributed by atoms with E-state index in [1.165, 1.54) is 27.2 Å². The highest BCUT2D eigenvalue weighted by Gasteiger charge is 2.31. The minimum Gasteiger partial charge on any atom is -0.489 e. The third-order valence-corrected chi connectivity index (χ3v) is 11.8. The van der Waals surface area contributed by atoms with Crippen LogP contribution in [0.25, 0.3) is 20.4 Å². The number of thiophene rings is 2. The maximum atomic E-state index is 12.3. The van der Waals surface area contributed by atoms with E-state index in [-0.39, 0.29) is 29.9 Å². The molecule has 0 spiro atoms.